The molecule has 0 heterocycles. The molecule has 0 saturated heterocycles. The summed E-state index contributed by atoms with van der Waals surface area (Å²) < 4.78 is 10.3. The van der Waals surface area contributed by atoms with E-state index in [1.165, 1.54) is 20.4 Å². The lowest BCUT2D eigenvalue weighted by Crippen LogP contribution is -2.18. The van der Waals surface area contributed by atoms with Crippen LogP contribution in [0.4, 0.5) is 0 Å². The number of benzene rings is 2. The molecule has 0 atom stereocenters. The molecule has 23 heavy (non-hydrogen) atoms. The fraction of sp³-hybridized carbons (Fsp3) is 0.176. The Bertz CT molecular complexity index is 741. The van der Waals surface area contributed by atoms with Gasteiger partial charge in [0.25, 0.3) is 5.91 Å². The minimum Gasteiger partial charge on any atom is -0.507 e. The van der Waals surface area contributed by atoms with E-state index in [-0.39, 0.29) is 5.75 Å². The zero-order valence-corrected chi connectivity index (χ0v) is 13.2. The van der Waals surface area contributed by atoms with Gasteiger partial charge in [-0.3, -0.25) is 4.79 Å². The van der Waals surface area contributed by atoms with E-state index in [2.05, 4.69) is 10.5 Å². The number of aryl methyl sites for hydroxylation is 1. The maximum Gasteiger partial charge on any atom is 0.275 e. The second kappa shape index (κ2) is 7.31. The molecule has 0 fully saturated rings. The molecule has 0 aliphatic carbocycles. The van der Waals surface area contributed by atoms with Gasteiger partial charge in [0.05, 0.1) is 26.0 Å². The van der Waals surface area contributed by atoms with Crippen LogP contribution in [0, 0.1) is 6.92 Å². The van der Waals surface area contributed by atoms with Crippen LogP contribution in [-0.4, -0.2) is 31.4 Å². The Hall–Kier alpha value is -3.02. The summed E-state index contributed by atoms with van der Waals surface area (Å²) in [5.74, 6) is 0.644. The standard InChI is InChI=1S/C17H18N2O4/c1-11-4-7-15(20)12(8-11)10-18-19-17(21)14-6-5-13(22-2)9-16(14)23-3/h4-10,20H,1-3H3,(H,19,21)/b18-10-. The van der Waals surface area contributed by atoms with Crippen LogP contribution in [0.5, 0.6) is 17.2 Å². The lowest BCUT2D eigenvalue weighted by atomic mass is 10.1. The van der Waals surface area contributed by atoms with Gasteiger partial charge in [-0.1, -0.05) is 11.6 Å². The molecule has 0 bridgehead atoms. The minimum absolute atomic E-state index is 0.0932. The van der Waals surface area contributed by atoms with Gasteiger partial charge in [-0.05, 0) is 31.2 Å². The summed E-state index contributed by atoms with van der Waals surface area (Å²) >= 11 is 0. The number of methoxy groups -OCH3 is 2. The third kappa shape index (κ3) is 4.00. The van der Waals surface area contributed by atoms with Crippen molar-refractivity contribution in [3.05, 3.63) is 53.1 Å². The van der Waals surface area contributed by atoms with Gasteiger partial charge < -0.3 is 14.6 Å². The third-order valence-corrected chi connectivity index (χ3v) is 3.21. The number of phenolic OH excluding ortho intramolecular Hbond substituents is 1. The van der Waals surface area contributed by atoms with E-state index in [1.54, 1.807) is 36.4 Å². The zero-order chi connectivity index (χ0) is 16.8. The van der Waals surface area contributed by atoms with E-state index in [9.17, 15) is 9.90 Å². The monoisotopic (exact) mass is 314 g/mol. The van der Waals surface area contributed by atoms with Crippen LogP contribution in [0.15, 0.2) is 41.5 Å². The predicted octanol–water partition coefficient (Wildman–Crippen LogP) is 2.48. The molecule has 0 aliphatic rings. The second-order valence-electron chi connectivity index (χ2n) is 4.83. The van der Waals surface area contributed by atoms with E-state index in [4.69, 9.17) is 9.47 Å². The summed E-state index contributed by atoms with van der Waals surface area (Å²) in [6, 6.07) is 9.99. The molecule has 1 amide bonds. The van der Waals surface area contributed by atoms with Crippen molar-refractivity contribution in [1.29, 1.82) is 0 Å². The van der Waals surface area contributed by atoms with Crippen molar-refractivity contribution in [1.82, 2.24) is 5.43 Å². The highest BCUT2D eigenvalue weighted by atomic mass is 16.5. The molecule has 0 aromatic heterocycles. The maximum absolute atomic E-state index is 12.2. The van der Waals surface area contributed by atoms with E-state index in [1.807, 2.05) is 6.92 Å². The number of carbonyl (C=O) groups excluding carboxylic acids is 1. The summed E-state index contributed by atoms with van der Waals surface area (Å²) in [6.45, 7) is 1.90. The number of aromatic hydroxyl groups is 1. The summed E-state index contributed by atoms with van der Waals surface area (Å²) in [5, 5.41) is 13.6. The van der Waals surface area contributed by atoms with E-state index >= 15 is 0 Å². The molecule has 2 rings (SSSR count). The first-order valence-electron chi connectivity index (χ1n) is 6.90. The Labute approximate surface area is 134 Å². The number of ether oxygens (including phenoxy) is 2. The van der Waals surface area contributed by atoms with Crippen LogP contribution in [0.25, 0.3) is 0 Å². The van der Waals surface area contributed by atoms with Gasteiger partial charge >= 0.3 is 0 Å². The highest BCUT2D eigenvalue weighted by Gasteiger charge is 2.12. The highest BCUT2D eigenvalue weighted by molar-refractivity contribution is 5.97. The summed E-state index contributed by atoms with van der Waals surface area (Å²) in [5.41, 5.74) is 4.24. The molecule has 120 valence electrons. The first kappa shape index (κ1) is 16.4. The third-order valence-electron chi connectivity index (χ3n) is 3.21. The molecular formula is C17H18N2O4. The number of carbonyl (C=O) groups is 1. The normalized spacial score (nSPS) is 10.6. The van der Waals surface area contributed by atoms with Crippen molar-refractivity contribution in [2.45, 2.75) is 6.92 Å². The molecule has 2 aromatic carbocycles. The summed E-state index contributed by atoms with van der Waals surface area (Å²) in [7, 11) is 3.01. The molecule has 2 aromatic rings. The Morgan fingerprint density at radius 1 is 1.17 bits per heavy atom. The van der Waals surface area contributed by atoms with Crippen molar-refractivity contribution in [3.8, 4) is 17.2 Å². The molecule has 6 heteroatoms. The molecular weight excluding hydrogens is 296 g/mol. The largest absolute Gasteiger partial charge is 0.507 e. The van der Waals surface area contributed by atoms with Crippen molar-refractivity contribution >= 4 is 12.1 Å². The molecule has 0 unspecified atom stereocenters. The quantitative estimate of drug-likeness (QED) is 0.656. The zero-order valence-electron chi connectivity index (χ0n) is 13.2. The average molecular weight is 314 g/mol. The average Bonchev–Trinajstić information content (AvgIpc) is 2.57. The van der Waals surface area contributed by atoms with Gasteiger partial charge in [-0.25, -0.2) is 5.43 Å². The van der Waals surface area contributed by atoms with E-state index in [0.717, 1.165) is 5.56 Å². The second-order valence-corrected chi connectivity index (χ2v) is 4.83. The lowest BCUT2D eigenvalue weighted by Gasteiger charge is -2.09. The van der Waals surface area contributed by atoms with Gasteiger partial charge in [-0.15, -0.1) is 0 Å². The summed E-state index contributed by atoms with van der Waals surface area (Å²) in [6.07, 6.45) is 1.39. The van der Waals surface area contributed by atoms with Gasteiger partial charge in [0.15, 0.2) is 0 Å². The molecule has 0 saturated carbocycles. The van der Waals surface area contributed by atoms with Gasteiger partial charge in [0.1, 0.15) is 17.2 Å². The number of hydrazone groups is 1. The highest BCUT2D eigenvalue weighted by Crippen LogP contribution is 2.24. The fourth-order valence-electron chi connectivity index (χ4n) is 1.98. The molecule has 0 spiro atoms. The van der Waals surface area contributed by atoms with Crippen LogP contribution in [0.3, 0.4) is 0 Å². The van der Waals surface area contributed by atoms with Crippen LogP contribution >= 0.6 is 0 Å². The first-order valence-corrected chi connectivity index (χ1v) is 6.90. The van der Waals surface area contributed by atoms with Gasteiger partial charge in [0, 0.05) is 11.6 Å². The van der Waals surface area contributed by atoms with Crippen molar-refractivity contribution < 1.29 is 19.4 Å². The van der Waals surface area contributed by atoms with Gasteiger partial charge in [-0.2, -0.15) is 5.10 Å². The number of hydrogen-bond donors (Lipinski definition) is 2. The Morgan fingerprint density at radius 3 is 2.65 bits per heavy atom. The van der Waals surface area contributed by atoms with Crippen molar-refractivity contribution in [2.75, 3.05) is 14.2 Å². The Balaban J connectivity index is 2.13. The molecule has 0 radical (unpaired) electrons. The molecule has 2 N–H and O–H groups in total. The van der Waals surface area contributed by atoms with Crippen LogP contribution in [0.2, 0.25) is 0 Å². The lowest BCUT2D eigenvalue weighted by molar-refractivity contribution is 0.0952. The number of nitrogens with zero attached hydrogens (tertiary/aromatic N) is 1. The number of amides is 1. The van der Waals surface area contributed by atoms with Crippen LogP contribution < -0.4 is 14.9 Å². The number of phenols is 1. The van der Waals surface area contributed by atoms with Crippen molar-refractivity contribution in [3.63, 3.8) is 0 Å². The Morgan fingerprint density at radius 2 is 1.96 bits per heavy atom. The van der Waals surface area contributed by atoms with Gasteiger partial charge in [0.2, 0.25) is 0 Å². The van der Waals surface area contributed by atoms with Crippen LogP contribution in [-0.2, 0) is 0 Å². The smallest absolute Gasteiger partial charge is 0.275 e. The number of rotatable bonds is 5. The maximum atomic E-state index is 12.2. The van der Waals surface area contributed by atoms with Crippen LogP contribution in [0.1, 0.15) is 21.5 Å². The Kier molecular flexibility index (Phi) is 5.19. The minimum atomic E-state index is -0.423. The number of nitrogens with one attached hydrogen (secondary N) is 1. The van der Waals surface area contributed by atoms with E-state index in [0.29, 0.717) is 22.6 Å². The predicted molar refractivity (Wildman–Crippen MR) is 87.5 cm³/mol. The number of hydrogen-bond acceptors (Lipinski definition) is 5. The molecule has 0 aliphatic heterocycles. The van der Waals surface area contributed by atoms with Crippen molar-refractivity contribution in [2.24, 2.45) is 5.10 Å². The fourth-order valence-corrected chi connectivity index (χ4v) is 1.98. The SMILES string of the molecule is COc1ccc(C(=O)N/N=C\c2cc(C)ccc2O)c(OC)c1. The summed E-state index contributed by atoms with van der Waals surface area (Å²) in [4.78, 5) is 12.2. The first-order chi connectivity index (χ1) is 11.0. The topological polar surface area (TPSA) is 80.2 Å². The molecule has 6 nitrogen and oxygen atoms in total. The van der Waals surface area contributed by atoms with E-state index < -0.39 is 5.91 Å².